The van der Waals surface area contributed by atoms with Gasteiger partial charge in [0, 0.05) is 13.0 Å². The van der Waals surface area contributed by atoms with E-state index in [0.717, 1.165) is 17.6 Å². The van der Waals surface area contributed by atoms with Crippen LogP contribution in [0.1, 0.15) is 61.3 Å². The molecule has 5 unspecified atom stereocenters. The van der Waals surface area contributed by atoms with E-state index in [0.29, 0.717) is 12.3 Å². The summed E-state index contributed by atoms with van der Waals surface area (Å²) in [6, 6.07) is 0. The Bertz CT molecular complexity index is 728. The van der Waals surface area contributed by atoms with Gasteiger partial charge in [0.15, 0.2) is 11.6 Å². The maximum Gasteiger partial charge on any atom is 0.160 e. The Morgan fingerprint density at radius 3 is 2.32 bits per heavy atom. The van der Waals surface area contributed by atoms with Crippen molar-refractivity contribution in [2.24, 2.45) is 22.7 Å². The fraction of sp³-hybridized carbons (Fsp3) is 0.783. The molecule has 1 fully saturated rings. The monoisotopic (exact) mass is 392 g/mol. The molecule has 3 aliphatic carbocycles. The Labute approximate surface area is 168 Å². The molecule has 5 heteroatoms. The third kappa shape index (κ3) is 2.78. The average Bonchev–Trinajstić information content (AvgIpc) is 2.73. The number of Topliss-reactive ketones (excluding diaryl/α,β-unsaturated/α-hetero) is 1. The second kappa shape index (κ2) is 6.49. The molecule has 1 spiro atoms. The zero-order valence-electron chi connectivity index (χ0n) is 18.5. The molecule has 0 heterocycles. The fourth-order valence-corrected chi connectivity index (χ4v) is 5.76. The lowest BCUT2D eigenvalue weighted by Gasteiger charge is -2.48. The highest BCUT2D eigenvalue weighted by Crippen LogP contribution is 2.61. The van der Waals surface area contributed by atoms with Crippen molar-refractivity contribution >= 4 is 5.78 Å². The van der Waals surface area contributed by atoms with E-state index in [2.05, 4.69) is 20.8 Å². The highest BCUT2D eigenvalue weighted by Gasteiger charge is 2.70. The van der Waals surface area contributed by atoms with Crippen LogP contribution in [0.4, 0.5) is 0 Å². The van der Waals surface area contributed by atoms with E-state index in [-0.39, 0.29) is 17.1 Å². The van der Waals surface area contributed by atoms with E-state index in [1.807, 2.05) is 26.0 Å². The smallest absolute Gasteiger partial charge is 0.160 e. The summed E-state index contributed by atoms with van der Waals surface area (Å²) in [6.45, 7) is 13.3. The molecule has 2 N–H and O–H groups in total. The van der Waals surface area contributed by atoms with E-state index in [1.54, 1.807) is 21.0 Å². The maximum atomic E-state index is 14.1. The van der Waals surface area contributed by atoms with Crippen molar-refractivity contribution < 1.29 is 24.5 Å². The van der Waals surface area contributed by atoms with Gasteiger partial charge in [-0.25, -0.2) is 0 Å². The van der Waals surface area contributed by atoms with Gasteiger partial charge in [0.05, 0.1) is 5.41 Å². The number of ketones is 1. The van der Waals surface area contributed by atoms with Crippen LogP contribution in [0.25, 0.3) is 0 Å². The molecule has 0 aromatic carbocycles. The lowest BCUT2D eigenvalue weighted by molar-refractivity contribution is -0.265. The van der Waals surface area contributed by atoms with E-state index < -0.39 is 29.0 Å². The first-order valence-electron chi connectivity index (χ1n) is 10.3. The number of ether oxygens (including phenoxy) is 2. The van der Waals surface area contributed by atoms with Crippen molar-refractivity contribution in [2.75, 3.05) is 7.11 Å². The van der Waals surface area contributed by atoms with Crippen molar-refractivity contribution in [3.8, 4) is 0 Å². The summed E-state index contributed by atoms with van der Waals surface area (Å²) in [5, 5.41) is 22.7. The first kappa shape index (κ1) is 21.7. The molecule has 6 atom stereocenters. The van der Waals surface area contributed by atoms with Crippen molar-refractivity contribution in [1.82, 2.24) is 0 Å². The SMILES string of the molecule is COC1C(C)=CC23CC[C@H](C)C(C)(C)C(C=C(C)C(OC(C)(C)O)C12O)C3=O. The molecule has 0 aliphatic heterocycles. The topological polar surface area (TPSA) is 76.0 Å². The van der Waals surface area contributed by atoms with Crippen LogP contribution < -0.4 is 0 Å². The number of carbonyl (C=O) groups excluding carboxylic acids is 1. The molecule has 0 saturated heterocycles. The minimum atomic E-state index is -1.61. The number of fused-ring (bicyclic) bond motifs is 1. The minimum Gasteiger partial charge on any atom is -0.382 e. The van der Waals surface area contributed by atoms with Crippen LogP contribution in [-0.4, -0.2) is 46.7 Å². The number of carbonyl (C=O) groups is 1. The quantitative estimate of drug-likeness (QED) is 0.569. The summed E-state index contributed by atoms with van der Waals surface area (Å²) in [5.41, 5.74) is -1.37. The third-order valence-electron chi connectivity index (χ3n) is 7.65. The molecule has 0 radical (unpaired) electrons. The van der Waals surface area contributed by atoms with E-state index in [4.69, 9.17) is 9.47 Å². The van der Waals surface area contributed by atoms with Gasteiger partial charge in [0.2, 0.25) is 0 Å². The molecule has 2 bridgehead atoms. The van der Waals surface area contributed by atoms with Crippen LogP contribution >= 0.6 is 0 Å². The molecular formula is C23H36O5. The van der Waals surface area contributed by atoms with Crippen molar-refractivity contribution in [1.29, 1.82) is 0 Å². The second-order valence-electron chi connectivity index (χ2n) is 10.3. The summed E-state index contributed by atoms with van der Waals surface area (Å²) >= 11 is 0. The van der Waals surface area contributed by atoms with Gasteiger partial charge in [-0.15, -0.1) is 0 Å². The Hall–Kier alpha value is -1.01. The number of methoxy groups -OCH3 is 1. The number of allylic oxidation sites excluding steroid dienone is 1. The Morgan fingerprint density at radius 1 is 1.18 bits per heavy atom. The predicted octanol–water partition coefficient (Wildman–Crippen LogP) is 3.39. The summed E-state index contributed by atoms with van der Waals surface area (Å²) in [7, 11) is 1.55. The van der Waals surface area contributed by atoms with E-state index in [9.17, 15) is 15.0 Å². The second-order valence-corrected chi connectivity index (χ2v) is 10.3. The molecule has 0 aromatic heterocycles. The maximum absolute atomic E-state index is 14.1. The summed E-state index contributed by atoms with van der Waals surface area (Å²) in [4.78, 5) is 14.1. The van der Waals surface area contributed by atoms with Gasteiger partial charge < -0.3 is 19.7 Å². The van der Waals surface area contributed by atoms with Crippen molar-refractivity contribution in [2.45, 2.75) is 84.9 Å². The van der Waals surface area contributed by atoms with Gasteiger partial charge in [-0.2, -0.15) is 0 Å². The zero-order chi connectivity index (χ0) is 21.3. The van der Waals surface area contributed by atoms with Crippen molar-refractivity contribution in [3.63, 3.8) is 0 Å². The minimum absolute atomic E-state index is 0.0319. The highest BCUT2D eigenvalue weighted by atomic mass is 16.6. The van der Waals surface area contributed by atoms with Crippen LogP contribution in [0.5, 0.6) is 0 Å². The van der Waals surface area contributed by atoms with E-state index >= 15 is 0 Å². The van der Waals surface area contributed by atoms with Gasteiger partial charge in [0.1, 0.15) is 17.8 Å². The third-order valence-corrected chi connectivity index (χ3v) is 7.65. The van der Waals surface area contributed by atoms with Gasteiger partial charge in [-0.3, -0.25) is 4.79 Å². The largest absolute Gasteiger partial charge is 0.382 e. The number of aliphatic hydroxyl groups is 2. The molecule has 0 amide bonds. The number of hydrogen-bond donors (Lipinski definition) is 2. The van der Waals surface area contributed by atoms with Crippen LogP contribution in [0.3, 0.4) is 0 Å². The van der Waals surface area contributed by atoms with Gasteiger partial charge in [-0.05, 0) is 63.0 Å². The Morgan fingerprint density at radius 2 is 1.79 bits per heavy atom. The average molecular weight is 393 g/mol. The molecule has 28 heavy (non-hydrogen) atoms. The number of hydrogen-bond acceptors (Lipinski definition) is 5. The zero-order valence-corrected chi connectivity index (χ0v) is 18.5. The molecule has 158 valence electrons. The molecule has 3 rings (SSSR count). The van der Waals surface area contributed by atoms with Gasteiger partial charge in [-0.1, -0.05) is 32.9 Å². The highest BCUT2D eigenvalue weighted by molar-refractivity contribution is 5.94. The van der Waals surface area contributed by atoms with Crippen LogP contribution in [0.2, 0.25) is 0 Å². The standard InChI is InChI=1S/C23H36O5/c1-13-11-16-17(24)22(10-9-15(3)20(16,4)5)12-14(2)18(27-8)23(22,26)19(13)28-21(6,7)25/h11-12,15-16,18-19,25-26H,9-10H2,1-8H3/t15-,16?,18?,19?,22?,23?/m0/s1. The lowest BCUT2D eigenvalue weighted by Crippen LogP contribution is -2.64. The normalized spacial score (nSPS) is 43.0. The van der Waals surface area contributed by atoms with Crippen LogP contribution in [-0.2, 0) is 14.3 Å². The molecule has 1 saturated carbocycles. The van der Waals surface area contributed by atoms with E-state index in [1.165, 1.54) is 0 Å². The summed E-state index contributed by atoms with van der Waals surface area (Å²) in [6.07, 6.45) is 3.71. The molecular weight excluding hydrogens is 356 g/mol. The Kier molecular flexibility index (Phi) is 5.03. The molecule has 5 nitrogen and oxygen atoms in total. The van der Waals surface area contributed by atoms with Crippen molar-refractivity contribution in [3.05, 3.63) is 23.3 Å². The van der Waals surface area contributed by atoms with Gasteiger partial charge in [0.25, 0.3) is 0 Å². The summed E-state index contributed by atoms with van der Waals surface area (Å²) in [5.74, 6) is -1.46. The molecule has 3 aliphatic rings. The van der Waals surface area contributed by atoms with Gasteiger partial charge >= 0.3 is 0 Å². The number of rotatable bonds is 3. The lowest BCUT2D eigenvalue weighted by atomic mass is 9.63. The fourth-order valence-electron chi connectivity index (χ4n) is 5.76. The Balaban J connectivity index is 2.32. The predicted molar refractivity (Wildman–Crippen MR) is 108 cm³/mol. The van der Waals surface area contributed by atoms with Crippen LogP contribution in [0.15, 0.2) is 23.3 Å². The van der Waals surface area contributed by atoms with Crippen LogP contribution in [0, 0.1) is 22.7 Å². The first-order chi connectivity index (χ1) is 12.7. The molecule has 0 aromatic rings. The first-order valence-corrected chi connectivity index (χ1v) is 10.3. The summed E-state index contributed by atoms with van der Waals surface area (Å²) < 4.78 is 11.8.